The van der Waals surface area contributed by atoms with Gasteiger partial charge in [-0.15, -0.1) is 0 Å². The Labute approximate surface area is 217 Å². The van der Waals surface area contributed by atoms with Gasteiger partial charge in [-0.05, 0) is 42.7 Å². The van der Waals surface area contributed by atoms with Gasteiger partial charge in [0, 0.05) is 11.8 Å². The van der Waals surface area contributed by atoms with Gasteiger partial charge in [-0.3, -0.25) is 9.78 Å². The molecule has 1 aromatic carbocycles. The molecule has 1 saturated carbocycles. The maximum absolute atomic E-state index is 13.0. The Morgan fingerprint density at radius 2 is 1.59 bits per heavy atom. The van der Waals surface area contributed by atoms with Crippen LogP contribution in [0.5, 0.6) is 0 Å². The largest absolute Gasteiger partial charge is 0.490 e. The normalized spacial score (nSPS) is 16.3. The molecule has 3 aromatic rings. The van der Waals surface area contributed by atoms with E-state index in [1.165, 1.54) is 11.3 Å². The van der Waals surface area contributed by atoms with Crippen LogP contribution in [-0.4, -0.2) is 56.6 Å². The molecule has 17 heteroatoms. The third kappa shape index (κ3) is 9.12. The number of benzene rings is 1. The molecule has 1 amide bonds. The Bertz CT molecular complexity index is 1340. The fraction of sp³-hybridized carbons (Fsp3) is 0.318. The molecule has 1 aliphatic rings. The summed E-state index contributed by atoms with van der Waals surface area (Å²) in [6, 6.07) is 7.50. The van der Waals surface area contributed by atoms with E-state index in [0.29, 0.717) is 17.2 Å². The maximum Gasteiger partial charge on any atom is 0.490 e. The number of carboxylic acids is 2. The molecule has 2 atom stereocenters. The molecule has 2 heterocycles. The van der Waals surface area contributed by atoms with Crippen molar-refractivity contribution in [3.8, 4) is 11.1 Å². The minimum atomic E-state index is -5.08. The molecule has 4 rings (SSSR count). The molecule has 0 radical (unpaired) electrons. The number of carboxylic acid groups (broad SMARTS) is 2. The number of carbonyl (C=O) groups is 3. The van der Waals surface area contributed by atoms with E-state index in [9.17, 15) is 39.9 Å². The van der Waals surface area contributed by atoms with Crippen LogP contribution in [0.25, 0.3) is 21.3 Å². The zero-order valence-corrected chi connectivity index (χ0v) is 20.2. The van der Waals surface area contributed by atoms with Crippen LogP contribution in [0.4, 0.5) is 40.3 Å². The lowest BCUT2D eigenvalue weighted by atomic mass is 10.0. The quantitative estimate of drug-likeness (QED) is 0.334. The van der Waals surface area contributed by atoms with Crippen LogP contribution in [0, 0.1) is 12.8 Å². The zero-order valence-electron chi connectivity index (χ0n) is 19.4. The summed E-state index contributed by atoms with van der Waals surface area (Å²) in [5.41, 5.74) is 4.01. The molecule has 2 aromatic heterocycles. The number of amides is 1. The molecular weight excluding hydrogens is 570 g/mol. The smallest absolute Gasteiger partial charge is 0.475 e. The lowest BCUT2D eigenvalue weighted by Gasteiger charge is -2.06. The summed E-state index contributed by atoms with van der Waals surface area (Å²) in [5, 5.41) is 17.4. The molecule has 39 heavy (non-hydrogen) atoms. The predicted molar refractivity (Wildman–Crippen MR) is 121 cm³/mol. The molecule has 212 valence electrons. The second kappa shape index (κ2) is 12.3. The van der Waals surface area contributed by atoms with Crippen LogP contribution in [0.3, 0.4) is 0 Å². The number of alkyl halides is 8. The number of anilines is 1. The van der Waals surface area contributed by atoms with Crippen LogP contribution in [0.15, 0.2) is 30.5 Å². The third-order valence-corrected chi connectivity index (χ3v) is 5.70. The highest BCUT2D eigenvalue weighted by Crippen LogP contribution is 2.36. The van der Waals surface area contributed by atoms with Crippen molar-refractivity contribution in [2.75, 3.05) is 5.32 Å². The molecule has 8 nitrogen and oxygen atoms in total. The van der Waals surface area contributed by atoms with E-state index in [4.69, 9.17) is 19.8 Å². The first-order valence-electron chi connectivity index (χ1n) is 10.4. The van der Waals surface area contributed by atoms with Gasteiger partial charge in [0.05, 0.1) is 21.8 Å². The molecule has 3 N–H and O–H groups in total. The molecular formula is C22H17F8N3O5S. The van der Waals surface area contributed by atoms with Crippen LogP contribution in [-0.2, 0) is 21.1 Å². The second-order valence-electron chi connectivity index (χ2n) is 7.78. The molecule has 0 aliphatic heterocycles. The Morgan fingerprint density at radius 1 is 1.05 bits per heavy atom. The minimum Gasteiger partial charge on any atom is -0.475 e. The topological polar surface area (TPSA) is 129 Å². The molecule has 0 saturated heterocycles. The number of halogens is 8. The Balaban J connectivity index is 0.000000317. The number of carbonyl (C=O) groups excluding carboxylic acids is 1. The average Bonchev–Trinajstić information content (AvgIpc) is 3.43. The lowest BCUT2D eigenvalue weighted by Crippen LogP contribution is -2.21. The summed E-state index contributed by atoms with van der Waals surface area (Å²) < 4.78 is 90.1. The van der Waals surface area contributed by atoms with Gasteiger partial charge in [-0.25, -0.2) is 23.4 Å². The number of aryl methyl sites for hydroxylation is 1. The third-order valence-electron chi connectivity index (χ3n) is 4.77. The Morgan fingerprint density at radius 3 is 2.03 bits per heavy atom. The number of fused-ring (bicyclic) bond motifs is 1. The standard InChI is InChI=1S/C18H15F2N3OS.2C2HF3O2/c1-9-4-11(7-19)21-8-13(9)10-2-3-15-16(5-10)25-18(22-15)23-17(24)12-6-14(12)20;2*3-2(4,5)1(6)7/h2-5,8,12,14H,6-7H2,1H3,(H,22,23,24);2*(H,6,7)/t12-,14+;;/m1../s1. The number of aromatic nitrogens is 2. The number of thiazole rings is 1. The van der Waals surface area contributed by atoms with Gasteiger partial charge in [-0.2, -0.15) is 26.3 Å². The van der Waals surface area contributed by atoms with Crippen molar-refractivity contribution >= 4 is 44.5 Å². The van der Waals surface area contributed by atoms with Crippen molar-refractivity contribution in [1.29, 1.82) is 0 Å². The van der Waals surface area contributed by atoms with Gasteiger partial charge >= 0.3 is 24.3 Å². The highest BCUT2D eigenvalue weighted by molar-refractivity contribution is 7.22. The highest BCUT2D eigenvalue weighted by Gasteiger charge is 2.44. The molecule has 0 unspecified atom stereocenters. The average molecular weight is 587 g/mol. The van der Waals surface area contributed by atoms with Gasteiger partial charge < -0.3 is 15.5 Å². The molecule has 1 fully saturated rings. The van der Waals surface area contributed by atoms with Gasteiger partial charge in [0.25, 0.3) is 0 Å². The van der Waals surface area contributed by atoms with Gasteiger partial charge in [0.1, 0.15) is 12.8 Å². The van der Waals surface area contributed by atoms with E-state index in [-0.39, 0.29) is 5.91 Å². The number of hydrogen-bond acceptors (Lipinski definition) is 6. The van der Waals surface area contributed by atoms with Crippen molar-refractivity contribution in [3.05, 3.63) is 41.7 Å². The summed E-state index contributed by atoms with van der Waals surface area (Å²) in [7, 11) is 0. The number of rotatable bonds is 4. The van der Waals surface area contributed by atoms with E-state index in [0.717, 1.165) is 26.9 Å². The van der Waals surface area contributed by atoms with Crippen LogP contribution >= 0.6 is 11.3 Å². The fourth-order valence-corrected chi connectivity index (χ4v) is 3.68. The number of hydrogen-bond donors (Lipinski definition) is 3. The second-order valence-corrected chi connectivity index (χ2v) is 8.81. The first-order valence-corrected chi connectivity index (χ1v) is 11.2. The summed E-state index contributed by atoms with van der Waals surface area (Å²) in [4.78, 5) is 38.1. The summed E-state index contributed by atoms with van der Waals surface area (Å²) >= 11 is 1.35. The minimum absolute atomic E-state index is 0.294. The van der Waals surface area contributed by atoms with Crippen LogP contribution in [0.1, 0.15) is 17.7 Å². The zero-order chi connectivity index (χ0) is 29.7. The first kappa shape index (κ1) is 31.3. The summed E-state index contributed by atoms with van der Waals surface area (Å²) in [6.07, 6.45) is -9.23. The number of nitrogens with zero attached hydrogens (tertiary/aromatic N) is 2. The number of aliphatic carboxylic acids is 2. The fourth-order valence-electron chi connectivity index (χ4n) is 2.77. The van der Waals surface area contributed by atoms with E-state index in [1.54, 1.807) is 12.3 Å². The van der Waals surface area contributed by atoms with Crippen LogP contribution < -0.4 is 5.32 Å². The van der Waals surface area contributed by atoms with E-state index < -0.39 is 43.1 Å². The Hall–Kier alpha value is -3.89. The van der Waals surface area contributed by atoms with Gasteiger partial charge in [0.15, 0.2) is 5.13 Å². The maximum atomic E-state index is 13.0. The van der Waals surface area contributed by atoms with E-state index in [1.807, 2.05) is 25.1 Å². The van der Waals surface area contributed by atoms with E-state index >= 15 is 0 Å². The molecule has 0 bridgehead atoms. The molecule has 0 spiro atoms. The monoisotopic (exact) mass is 587 g/mol. The van der Waals surface area contributed by atoms with Crippen LogP contribution in [0.2, 0.25) is 0 Å². The van der Waals surface area contributed by atoms with Gasteiger partial charge in [-0.1, -0.05) is 17.4 Å². The van der Waals surface area contributed by atoms with Crippen molar-refractivity contribution in [2.24, 2.45) is 5.92 Å². The Kier molecular flexibility index (Phi) is 9.89. The highest BCUT2D eigenvalue weighted by atomic mass is 32.1. The van der Waals surface area contributed by atoms with Crippen molar-refractivity contribution in [3.63, 3.8) is 0 Å². The number of nitrogens with one attached hydrogen (secondary N) is 1. The summed E-state index contributed by atoms with van der Waals surface area (Å²) in [5.74, 6) is -6.36. The van der Waals surface area contributed by atoms with Crippen molar-refractivity contribution < 1.29 is 59.7 Å². The van der Waals surface area contributed by atoms with Crippen molar-refractivity contribution in [1.82, 2.24) is 9.97 Å². The van der Waals surface area contributed by atoms with E-state index in [2.05, 4.69) is 15.3 Å². The molecule has 1 aliphatic carbocycles. The SMILES string of the molecule is Cc1cc(CF)ncc1-c1ccc2nc(NC(=O)[C@@H]3C[C@@H]3F)sc2c1.O=C(O)C(F)(F)F.O=C(O)C(F)(F)F. The lowest BCUT2D eigenvalue weighted by molar-refractivity contribution is -0.193. The number of pyridine rings is 1. The van der Waals surface area contributed by atoms with Crippen molar-refractivity contribution in [2.45, 2.75) is 38.5 Å². The first-order chi connectivity index (χ1) is 17.9. The van der Waals surface area contributed by atoms with Gasteiger partial charge in [0.2, 0.25) is 5.91 Å². The summed E-state index contributed by atoms with van der Waals surface area (Å²) in [6.45, 7) is 1.33. The predicted octanol–water partition coefficient (Wildman–Crippen LogP) is 5.70.